The van der Waals surface area contributed by atoms with E-state index in [9.17, 15) is 0 Å². The average Bonchev–Trinajstić information content (AvgIpc) is 2.90. The standard InChI is InChI=1S/C14H10Cl2N2S2/c15-11-4-2-1-3-9(11)7-19-8-12-17-13(16)10-5-6-20-14(10)18-12/h1-6H,7-8H2. The largest absolute Gasteiger partial charge is 0.221 e. The molecule has 0 N–H and O–H groups in total. The molecular formula is C14H10Cl2N2S2. The van der Waals surface area contributed by atoms with Crippen LogP contribution in [0.4, 0.5) is 0 Å². The highest BCUT2D eigenvalue weighted by atomic mass is 35.5. The lowest BCUT2D eigenvalue weighted by molar-refractivity contribution is 1.07. The van der Waals surface area contributed by atoms with Crippen molar-refractivity contribution in [2.45, 2.75) is 11.5 Å². The summed E-state index contributed by atoms with van der Waals surface area (Å²) in [6.07, 6.45) is 0. The lowest BCUT2D eigenvalue weighted by Crippen LogP contribution is -1.93. The first-order valence-corrected chi connectivity index (χ1v) is 8.74. The molecule has 0 aliphatic carbocycles. The molecule has 0 spiro atoms. The number of thiophene rings is 1. The van der Waals surface area contributed by atoms with Gasteiger partial charge in [0.25, 0.3) is 0 Å². The van der Waals surface area contributed by atoms with Gasteiger partial charge in [-0.25, -0.2) is 9.97 Å². The van der Waals surface area contributed by atoms with Gasteiger partial charge in [0.2, 0.25) is 0 Å². The zero-order valence-electron chi connectivity index (χ0n) is 10.3. The van der Waals surface area contributed by atoms with E-state index in [0.29, 0.717) is 5.15 Å². The molecule has 0 aliphatic heterocycles. The fourth-order valence-electron chi connectivity index (χ4n) is 1.79. The predicted molar refractivity (Wildman–Crippen MR) is 88.9 cm³/mol. The van der Waals surface area contributed by atoms with Crippen LogP contribution in [0.5, 0.6) is 0 Å². The Hall–Kier alpha value is -0.810. The average molecular weight is 341 g/mol. The van der Waals surface area contributed by atoms with Crippen LogP contribution < -0.4 is 0 Å². The van der Waals surface area contributed by atoms with E-state index in [-0.39, 0.29) is 0 Å². The number of rotatable bonds is 4. The number of nitrogens with zero attached hydrogens (tertiary/aromatic N) is 2. The van der Waals surface area contributed by atoms with Crippen LogP contribution in [0.25, 0.3) is 10.2 Å². The third kappa shape index (κ3) is 3.09. The van der Waals surface area contributed by atoms with Crippen molar-refractivity contribution in [3.8, 4) is 0 Å². The normalized spacial score (nSPS) is 11.1. The summed E-state index contributed by atoms with van der Waals surface area (Å²) >= 11 is 15.6. The van der Waals surface area contributed by atoms with Crippen molar-refractivity contribution in [1.29, 1.82) is 0 Å². The third-order valence-corrected chi connectivity index (χ3v) is 5.21. The summed E-state index contributed by atoms with van der Waals surface area (Å²) < 4.78 is 0. The fraction of sp³-hybridized carbons (Fsp3) is 0.143. The number of halogens is 2. The maximum Gasteiger partial charge on any atom is 0.141 e. The highest BCUT2D eigenvalue weighted by molar-refractivity contribution is 7.97. The molecule has 2 heterocycles. The molecule has 0 saturated heterocycles. The van der Waals surface area contributed by atoms with Crippen LogP contribution >= 0.6 is 46.3 Å². The SMILES string of the molecule is Clc1ccccc1CSCc1nc(Cl)c2ccsc2n1. The van der Waals surface area contributed by atoms with Gasteiger partial charge in [-0.05, 0) is 23.1 Å². The van der Waals surface area contributed by atoms with Crippen molar-refractivity contribution in [2.24, 2.45) is 0 Å². The Morgan fingerprint density at radius 1 is 1.05 bits per heavy atom. The van der Waals surface area contributed by atoms with Gasteiger partial charge < -0.3 is 0 Å². The predicted octanol–water partition coefficient (Wildman–Crippen LogP) is 5.43. The van der Waals surface area contributed by atoms with Crippen LogP contribution in [0.2, 0.25) is 10.2 Å². The van der Waals surface area contributed by atoms with Crippen LogP contribution in [0.1, 0.15) is 11.4 Å². The van der Waals surface area contributed by atoms with Crippen LogP contribution in [0.15, 0.2) is 35.7 Å². The molecule has 102 valence electrons. The van der Waals surface area contributed by atoms with Crippen LogP contribution in [0.3, 0.4) is 0 Å². The van der Waals surface area contributed by atoms with E-state index in [0.717, 1.165) is 38.1 Å². The minimum Gasteiger partial charge on any atom is -0.221 e. The van der Waals surface area contributed by atoms with Crippen LogP contribution in [0, 0.1) is 0 Å². The Kier molecular flexibility index (Phi) is 4.46. The quantitative estimate of drug-likeness (QED) is 0.592. The molecule has 0 bridgehead atoms. The Morgan fingerprint density at radius 2 is 1.90 bits per heavy atom. The molecule has 0 unspecified atom stereocenters. The molecule has 0 fully saturated rings. The number of thioether (sulfide) groups is 1. The first-order chi connectivity index (χ1) is 9.74. The molecule has 0 saturated carbocycles. The van der Waals surface area contributed by atoms with Gasteiger partial charge in [-0.3, -0.25) is 0 Å². The van der Waals surface area contributed by atoms with Gasteiger partial charge in [-0.1, -0.05) is 41.4 Å². The number of hydrogen-bond donors (Lipinski definition) is 0. The first-order valence-electron chi connectivity index (χ1n) is 5.95. The summed E-state index contributed by atoms with van der Waals surface area (Å²) in [4.78, 5) is 9.80. The molecule has 0 atom stereocenters. The maximum atomic E-state index is 6.15. The molecule has 20 heavy (non-hydrogen) atoms. The van der Waals surface area contributed by atoms with Gasteiger partial charge in [-0.15, -0.1) is 23.1 Å². The molecule has 1 aromatic carbocycles. The smallest absolute Gasteiger partial charge is 0.141 e. The zero-order valence-corrected chi connectivity index (χ0v) is 13.5. The lowest BCUT2D eigenvalue weighted by atomic mass is 10.2. The summed E-state index contributed by atoms with van der Waals surface area (Å²) in [7, 11) is 0. The van der Waals surface area contributed by atoms with Crippen LogP contribution in [-0.4, -0.2) is 9.97 Å². The topological polar surface area (TPSA) is 25.8 Å². The number of aromatic nitrogens is 2. The molecule has 2 aromatic heterocycles. The van der Waals surface area contributed by atoms with Crippen molar-refractivity contribution >= 4 is 56.5 Å². The second-order valence-corrected chi connectivity index (χ2v) is 6.80. The van der Waals surface area contributed by atoms with Gasteiger partial charge in [0.1, 0.15) is 15.8 Å². The van der Waals surface area contributed by atoms with E-state index >= 15 is 0 Å². The second-order valence-electron chi connectivity index (χ2n) is 4.15. The minimum absolute atomic E-state index is 0.532. The van der Waals surface area contributed by atoms with Crippen molar-refractivity contribution < 1.29 is 0 Å². The van der Waals surface area contributed by atoms with E-state index < -0.39 is 0 Å². The summed E-state index contributed by atoms with van der Waals surface area (Å²) in [6.45, 7) is 0. The molecule has 0 radical (unpaired) electrons. The summed E-state index contributed by atoms with van der Waals surface area (Å²) in [5, 5.41) is 4.24. The van der Waals surface area contributed by atoms with Gasteiger partial charge in [-0.2, -0.15) is 0 Å². The zero-order chi connectivity index (χ0) is 13.9. The van der Waals surface area contributed by atoms with Crippen molar-refractivity contribution in [2.75, 3.05) is 0 Å². The lowest BCUT2D eigenvalue weighted by Gasteiger charge is -2.04. The highest BCUT2D eigenvalue weighted by Gasteiger charge is 2.07. The van der Waals surface area contributed by atoms with E-state index in [1.54, 1.807) is 23.1 Å². The Labute approximate surface area is 135 Å². The van der Waals surface area contributed by atoms with Crippen LogP contribution in [-0.2, 0) is 11.5 Å². The van der Waals surface area contributed by atoms with Crippen molar-refractivity contribution in [3.63, 3.8) is 0 Å². The fourth-order valence-corrected chi connectivity index (χ4v) is 4.05. The van der Waals surface area contributed by atoms with E-state index in [4.69, 9.17) is 23.2 Å². The Balaban J connectivity index is 1.69. The molecule has 0 amide bonds. The molecule has 2 nitrogen and oxygen atoms in total. The molecular weight excluding hydrogens is 331 g/mol. The van der Waals surface area contributed by atoms with Gasteiger partial charge in [0, 0.05) is 16.2 Å². The second kappa shape index (κ2) is 6.31. The molecule has 0 aliphatic rings. The number of benzene rings is 1. The van der Waals surface area contributed by atoms with E-state index in [1.165, 1.54) is 0 Å². The Bertz CT molecular complexity index is 743. The highest BCUT2D eigenvalue weighted by Crippen LogP contribution is 2.27. The van der Waals surface area contributed by atoms with Crippen molar-refractivity contribution in [3.05, 3.63) is 57.3 Å². The minimum atomic E-state index is 0.532. The first kappa shape index (κ1) is 14.1. The summed E-state index contributed by atoms with van der Waals surface area (Å²) in [5.41, 5.74) is 1.13. The van der Waals surface area contributed by atoms with Gasteiger partial charge in [0.05, 0.1) is 5.75 Å². The summed E-state index contributed by atoms with van der Waals surface area (Å²) in [5.74, 6) is 2.32. The van der Waals surface area contributed by atoms with E-state index in [1.807, 2.05) is 35.7 Å². The third-order valence-electron chi connectivity index (χ3n) is 2.77. The van der Waals surface area contributed by atoms with Gasteiger partial charge in [0.15, 0.2) is 0 Å². The Morgan fingerprint density at radius 3 is 2.75 bits per heavy atom. The van der Waals surface area contributed by atoms with Gasteiger partial charge >= 0.3 is 0 Å². The molecule has 3 aromatic rings. The molecule has 6 heteroatoms. The summed E-state index contributed by atoms with van der Waals surface area (Å²) in [6, 6.07) is 9.81. The maximum absolute atomic E-state index is 6.15. The molecule has 3 rings (SSSR count). The monoisotopic (exact) mass is 340 g/mol. The number of hydrogen-bond acceptors (Lipinski definition) is 4. The van der Waals surface area contributed by atoms with E-state index in [2.05, 4.69) is 9.97 Å². The number of fused-ring (bicyclic) bond motifs is 1. The van der Waals surface area contributed by atoms with Crippen molar-refractivity contribution in [1.82, 2.24) is 9.97 Å².